The molecule has 0 aliphatic heterocycles. The molecule has 1 aliphatic carbocycles. The first kappa shape index (κ1) is 12.0. The first-order valence-electron chi connectivity index (χ1n) is 5.50. The van der Waals surface area contributed by atoms with Gasteiger partial charge in [0, 0.05) is 0 Å². The Morgan fingerprint density at radius 1 is 1.21 bits per heavy atom. The molecule has 0 bridgehead atoms. The van der Waals surface area contributed by atoms with Crippen LogP contribution in [0.4, 0.5) is 0 Å². The molecule has 0 aromatic carbocycles. The molecule has 1 saturated carbocycles. The van der Waals surface area contributed by atoms with Gasteiger partial charge < -0.3 is 0 Å². The van der Waals surface area contributed by atoms with E-state index in [2.05, 4.69) is 6.92 Å². The van der Waals surface area contributed by atoms with Crippen molar-refractivity contribution < 1.29 is 12.6 Å². The standard InChI is InChI=1S/C10H20O3S/c1-3-9-7-5-6-8-10(9)13-14(11,12)4-2/h9-10H,3-8H2,1-2H3. The number of hydrogen-bond acceptors (Lipinski definition) is 3. The molecule has 3 nitrogen and oxygen atoms in total. The summed E-state index contributed by atoms with van der Waals surface area (Å²) < 4.78 is 27.8. The zero-order valence-corrected chi connectivity index (χ0v) is 9.85. The molecule has 0 saturated heterocycles. The van der Waals surface area contributed by atoms with Gasteiger partial charge in [-0.3, -0.25) is 4.18 Å². The van der Waals surface area contributed by atoms with Crippen molar-refractivity contribution in [1.82, 2.24) is 0 Å². The average Bonchev–Trinajstić information content (AvgIpc) is 2.18. The summed E-state index contributed by atoms with van der Waals surface area (Å²) in [6.45, 7) is 3.73. The molecule has 84 valence electrons. The van der Waals surface area contributed by atoms with Crippen LogP contribution in [0.15, 0.2) is 0 Å². The van der Waals surface area contributed by atoms with Gasteiger partial charge in [0.05, 0.1) is 11.9 Å². The van der Waals surface area contributed by atoms with Crippen molar-refractivity contribution in [2.75, 3.05) is 5.75 Å². The van der Waals surface area contributed by atoms with Crippen molar-refractivity contribution in [2.45, 2.75) is 52.1 Å². The minimum absolute atomic E-state index is 0.0568. The van der Waals surface area contributed by atoms with Crippen molar-refractivity contribution in [3.05, 3.63) is 0 Å². The predicted octanol–water partition coefficient (Wildman–Crippen LogP) is 2.32. The van der Waals surface area contributed by atoms with E-state index in [-0.39, 0.29) is 11.9 Å². The molecule has 2 unspecified atom stereocenters. The Kier molecular flexibility index (Phi) is 4.38. The second-order valence-corrected chi connectivity index (χ2v) is 5.82. The van der Waals surface area contributed by atoms with Gasteiger partial charge in [0.15, 0.2) is 0 Å². The van der Waals surface area contributed by atoms with Crippen LogP contribution in [-0.2, 0) is 14.3 Å². The summed E-state index contributed by atoms with van der Waals surface area (Å²) in [4.78, 5) is 0. The summed E-state index contributed by atoms with van der Waals surface area (Å²) in [6.07, 6.45) is 5.28. The zero-order chi connectivity index (χ0) is 10.6. The molecule has 0 aromatic heterocycles. The highest BCUT2D eigenvalue weighted by Gasteiger charge is 2.28. The van der Waals surface area contributed by atoms with Crippen molar-refractivity contribution in [3.8, 4) is 0 Å². The van der Waals surface area contributed by atoms with Crippen LogP contribution in [0.1, 0.15) is 46.0 Å². The van der Waals surface area contributed by atoms with Crippen LogP contribution in [0.3, 0.4) is 0 Å². The van der Waals surface area contributed by atoms with E-state index in [0.29, 0.717) is 5.92 Å². The Bertz CT molecular complexity index is 259. The number of rotatable bonds is 4. The van der Waals surface area contributed by atoms with E-state index in [9.17, 15) is 8.42 Å². The molecule has 0 radical (unpaired) electrons. The van der Waals surface area contributed by atoms with Crippen molar-refractivity contribution in [1.29, 1.82) is 0 Å². The summed E-state index contributed by atoms with van der Waals surface area (Å²) in [7, 11) is -3.26. The van der Waals surface area contributed by atoms with Crippen LogP contribution in [0.2, 0.25) is 0 Å². The molecule has 2 atom stereocenters. The summed E-state index contributed by atoms with van der Waals surface area (Å²) in [5, 5.41) is 0. The van der Waals surface area contributed by atoms with Gasteiger partial charge in [0.2, 0.25) is 0 Å². The zero-order valence-electron chi connectivity index (χ0n) is 9.03. The summed E-state index contributed by atoms with van der Waals surface area (Å²) in [5.41, 5.74) is 0. The molecular weight excluding hydrogens is 200 g/mol. The minimum Gasteiger partial charge on any atom is -0.266 e. The Labute approximate surface area is 87.0 Å². The first-order valence-corrected chi connectivity index (χ1v) is 7.07. The fraction of sp³-hybridized carbons (Fsp3) is 1.00. The van der Waals surface area contributed by atoms with E-state index < -0.39 is 10.1 Å². The van der Waals surface area contributed by atoms with Crippen molar-refractivity contribution >= 4 is 10.1 Å². The van der Waals surface area contributed by atoms with Gasteiger partial charge in [0.1, 0.15) is 0 Å². The molecule has 0 amide bonds. The Hall–Kier alpha value is -0.0900. The third-order valence-electron chi connectivity index (χ3n) is 2.99. The van der Waals surface area contributed by atoms with Gasteiger partial charge in [-0.15, -0.1) is 0 Å². The molecule has 0 spiro atoms. The molecule has 1 rings (SSSR count). The minimum atomic E-state index is -3.26. The fourth-order valence-corrected chi connectivity index (χ4v) is 2.79. The molecule has 1 aliphatic rings. The highest BCUT2D eigenvalue weighted by molar-refractivity contribution is 7.86. The van der Waals surface area contributed by atoms with E-state index >= 15 is 0 Å². The molecule has 1 fully saturated rings. The highest BCUT2D eigenvalue weighted by Crippen LogP contribution is 2.30. The van der Waals surface area contributed by atoms with Gasteiger partial charge in [-0.25, -0.2) is 0 Å². The van der Waals surface area contributed by atoms with E-state index in [4.69, 9.17) is 4.18 Å². The van der Waals surface area contributed by atoms with Gasteiger partial charge >= 0.3 is 0 Å². The Morgan fingerprint density at radius 2 is 1.86 bits per heavy atom. The normalized spacial score (nSPS) is 29.0. The lowest BCUT2D eigenvalue weighted by Gasteiger charge is -2.29. The maximum absolute atomic E-state index is 11.3. The Balaban J connectivity index is 2.57. The molecule has 0 N–H and O–H groups in total. The monoisotopic (exact) mass is 220 g/mol. The molecular formula is C10H20O3S. The third-order valence-corrected chi connectivity index (χ3v) is 4.23. The summed E-state index contributed by atoms with van der Waals surface area (Å²) >= 11 is 0. The van der Waals surface area contributed by atoms with Crippen molar-refractivity contribution in [2.24, 2.45) is 5.92 Å². The predicted molar refractivity (Wildman–Crippen MR) is 56.6 cm³/mol. The molecule has 0 aromatic rings. The third kappa shape index (κ3) is 3.24. The fourth-order valence-electron chi connectivity index (χ4n) is 2.02. The average molecular weight is 220 g/mol. The maximum Gasteiger partial charge on any atom is 0.267 e. The lowest BCUT2D eigenvalue weighted by atomic mass is 9.85. The smallest absolute Gasteiger partial charge is 0.266 e. The van der Waals surface area contributed by atoms with Gasteiger partial charge in [-0.1, -0.05) is 26.2 Å². The van der Waals surface area contributed by atoms with E-state index in [1.54, 1.807) is 6.92 Å². The summed E-state index contributed by atoms with van der Waals surface area (Å²) in [5.74, 6) is 0.519. The SMILES string of the molecule is CCC1CCCCC1OS(=O)(=O)CC. The van der Waals surface area contributed by atoms with Crippen LogP contribution in [0.5, 0.6) is 0 Å². The molecule has 0 heterocycles. The van der Waals surface area contributed by atoms with Crippen molar-refractivity contribution in [3.63, 3.8) is 0 Å². The van der Waals surface area contributed by atoms with Crippen LogP contribution < -0.4 is 0 Å². The largest absolute Gasteiger partial charge is 0.267 e. The van der Waals surface area contributed by atoms with Gasteiger partial charge in [0.25, 0.3) is 10.1 Å². The maximum atomic E-state index is 11.3. The van der Waals surface area contributed by atoms with Crippen LogP contribution in [0.25, 0.3) is 0 Å². The number of hydrogen-bond donors (Lipinski definition) is 0. The van der Waals surface area contributed by atoms with Crippen LogP contribution in [-0.4, -0.2) is 20.3 Å². The lowest BCUT2D eigenvalue weighted by molar-refractivity contribution is 0.0969. The summed E-state index contributed by atoms with van der Waals surface area (Å²) in [6, 6.07) is 0. The topological polar surface area (TPSA) is 43.4 Å². The van der Waals surface area contributed by atoms with E-state index in [0.717, 1.165) is 25.7 Å². The first-order chi connectivity index (χ1) is 6.59. The molecule has 4 heteroatoms. The Morgan fingerprint density at radius 3 is 2.43 bits per heavy atom. The van der Waals surface area contributed by atoms with Crippen LogP contribution in [0, 0.1) is 5.92 Å². The van der Waals surface area contributed by atoms with Crippen LogP contribution >= 0.6 is 0 Å². The second kappa shape index (κ2) is 5.12. The van der Waals surface area contributed by atoms with E-state index in [1.165, 1.54) is 6.42 Å². The van der Waals surface area contributed by atoms with Gasteiger partial charge in [-0.05, 0) is 25.7 Å². The second-order valence-electron chi connectivity index (χ2n) is 3.93. The quantitative estimate of drug-likeness (QED) is 0.683. The lowest BCUT2D eigenvalue weighted by Crippen LogP contribution is -2.30. The highest BCUT2D eigenvalue weighted by atomic mass is 32.2. The van der Waals surface area contributed by atoms with Gasteiger partial charge in [-0.2, -0.15) is 8.42 Å². The molecule has 14 heavy (non-hydrogen) atoms. The van der Waals surface area contributed by atoms with E-state index in [1.807, 2.05) is 0 Å².